The lowest BCUT2D eigenvalue weighted by molar-refractivity contribution is -0.120. The molecule has 1 fully saturated rings. The maximum atomic E-state index is 10.8. The lowest BCUT2D eigenvalue weighted by Gasteiger charge is -2.23. The number of fused-ring (bicyclic) bond motifs is 2. The summed E-state index contributed by atoms with van der Waals surface area (Å²) in [6.45, 7) is 1.49. The zero-order chi connectivity index (χ0) is 8.72. The zero-order valence-electron chi connectivity index (χ0n) is 7.03. The van der Waals surface area contributed by atoms with Crippen LogP contribution >= 0.6 is 0 Å². The SMILES string of the molecule is CC(=O)N[C@H]1[C@@H](O)[C@H]2C=C[C@@H]1C2. The molecule has 3 heteroatoms. The maximum Gasteiger partial charge on any atom is 0.217 e. The van der Waals surface area contributed by atoms with Crippen molar-refractivity contribution in [3.63, 3.8) is 0 Å². The molecule has 0 unspecified atom stereocenters. The van der Waals surface area contributed by atoms with E-state index in [2.05, 4.69) is 11.4 Å². The van der Waals surface area contributed by atoms with Crippen molar-refractivity contribution in [3.8, 4) is 0 Å². The Hall–Kier alpha value is -0.830. The first-order valence-corrected chi connectivity index (χ1v) is 4.32. The minimum absolute atomic E-state index is 0.0440. The Morgan fingerprint density at radius 1 is 1.50 bits per heavy atom. The van der Waals surface area contributed by atoms with E-state index in [0.29, 0.717) is 5.92 Å². The lowest BCUT2D eigenvalue weighted by Crippen LogP contribution is -2.44. The van der Waals surface area contributed by atoms with Crippen LogP contribution in [0.15, 0.2) is 12.2 Å². The molecule has 2 bridgehead atoms. The van der Waals surface area contributed by atoms with Gasteiger partial charge in [0.25, 0.3) is 0 Å². The van der Waals surface area contributed by atoms with Crippen LogP contribution < -0.4 is 5.32 Å². The van der Waals surface area contributed by atoms with Crippen molar-refractivity contribution in [2.75, 3.05) is 0 Å². The van der Waals surface area contributed by atoms with E-state index in [-0.39, 0.29) is 24.0 Å². The minimum Gasteiger partial charge on any atom is -0.390 e. The fourth-order valence-electron chi connectivity index (χ4n) is 2.22. The summed E-state index contributed by atoms with van der Waals surface area (Å²) in [4.78, 5) is 10.8. The number of nitrogens with one attached hydrogen (secondary N) is 1. The highest BCUT2D eigenvalue weighted by atomic mass is 16.3. The molecule has 1 amide bonds. The van der Waals surface area contributed by atoms with Crippen LogP contribution in [0.2, 0.25) is 0 Å². The van der Waals surface area contributed by atoms with E-state index in [1.165, 1.54) is 6.92 Å². The number of carbonyl (C=O) groups excluding carboxylic acids is 1. The van der Waals surface area contributed by atoms with E-state index in [1.54, 1.807) is 0 Å². The monoisotopic (exact) mass is 167 g/mol. The van der Waals surface area contributed by atoms with E-state index in [0.717, 1.165) is 6.42 Å². The van der Waals surface area contributed by atoms with Crippen molar-refractivity contribution in [1.29, 1.82) is 0 Å². The number of aliphatic hydroxyl groups is 1. The van der Waals surface area contributed by atoms with Gasteiger partial charge in [0.15, 0.2) is 0 Å². The molecule has 66 valence electrons. The van der Waals surface area contributed by atoms with E-state index in [9.17, 15) is 9.90 Å². The highest BCUT2D eigenvalue weighted by Crippen LogP contribution is 2.39. The van der Waals surface area contributed by atoms with Gasteiger partial charge in [0.05, 0.1) is 12.1 Å². The van der Waals surface area contributed by atoms with Crippen LogP contribution in [-0.2, 0) is 4.79 Å². The number of rotatable bonds is 1. The average Bonchev–Trinajstić information content (AvgIpc) is 2.53. The first-order chi connectivity index (χ1) is 5.68. The first-order valence-electron chi connectivity index (χ1n) is 4.32. The molecule has 0 aliphatic heterocycles. The molecule has 0 radical (unpaired) electrons. The van der Waals surface area contributed by atoms with Gasteiger partial charge in [0.1, 0.15) is 0 Å². The smallest absolute Gasteiger partial charge is 0.217 e. The van der Waals surface area contributed by atoms with Gasteiger partial charge in [-0.3, -0.25) is 4.79 Å². The molecule has 4 atom stereocenters. The van der Waals surface area contributed by atoms with Gasteiger partial charge in [0.2, 0.25) is 5.91 Å². The molecular formula is C9H13NO2. The van der Waals surface area contributed by atoms with E-state index < -0.39 is 0 Å². The lowest BCUT2D eigenvalue weighted by atomic mass is 9.99. The van der Waals surface area contributed by atoms with Gasteiger partial charge in [0, 0.05) is 18.8 Å². The number of carbonyl (C=O) groups is 1. The molecule has 0 saturated heterocycles. The molecule has 2 aliphatic rings. The van der Waals surface area contributed by atoms with Gasteiger partial charge >= 0.3 is 0 Å². The number of amides is 1. The third kappa shape index (κ3) is 1.05. The average molecular weight is 167 g/mol. The molecule has 3 nitrogen and oxygen atoms in total. The Bertz CT molecular complexity index is 237. The van der Waals surface area contributed by atoms with Crippen LogP contribution in [0.5, 0.6) is 0 Å². The molecular weight excluding hydrogens is 154 g/mol. The third-order valence-electron chi connectivity index (χ3n) is 2.79. The number of hydrogen-bond donors (Lipinski definition) is 2. The van der Waals surface area contributed by atoms with Gasteiger partial charge in [-0.15, -0.1) is 0 Å². The molecule has 0 aromatic carbocycles. The van der Waals surface area contributed by atoms with Crippen LogP contribution in [0, 0.1) is 11.8 Å². The molecule has 2 aliphatic carbocycles. The summed E-state index contributed by atoms with van der Waals surface area (Å²) in [7, 11) is 0. The Kier molecular flexibility index (Phi) is 1.68. The van der Waals surface area contributed by atoms with Crippen molar-refractivity contribution in [1.82, 2.24) is 5.32 Å². The molecule has 12 heavy (non-hydrogen) atoms. The van der Waals surface area contributed by atoms with Crippen molar-refractivity contribution in [2.45, 2.75) is 25.5 Å². The molecule has 1 saturated carbocycles. The number of aliphatic hydroxyl groups excluding tert-OH is 1. The summed E-state index contributed by atoms with van der Waals surface area (Å²) in [6, 6.07) is -0.0440. The second-order valence-electron chi connectivity index (χ2n) is 3.67. The van der Waals surface area contributed by atoms with Gasteiger partial charge < -0.3 is 10.4 Å². The highest BCUT2D eigenvalue weighted by Gasteiger charge is 2.43. The summed E-state index contributed by atoms with van der Waals surface area (Å²) >= 11 is 0. The fraction of sp³-hybridized carbons (Fsp3) is 0.667. The number of hydrogen-bond acceptors (Lipinski definition) is 2. The van der Waals surface area contributed by atoms with Gasteiger partial charge in [-0.1, -0.05) is 12.2 Å². The van der Waals surface area contributed by atoms with E-state index in [4.69, 9.17) is 0 Å². The zero-order valence-corrected chi connectivity index (χ0v) is 7.03. The van der Waals surface area contributed by atoms with Gasteiger partial charge in [-0.2, -0.15) is 0 Å². The van der Waals surface area contributed by atoms with Gasteiger partial charge in [-0.25, -0.2) is 0 Å². The topological polar surface area (TPSA) is 49.3 Å². The van der Waals surface area contributed by atoms with Crippen LogP contribution in [0.25, 0.3) is 0 Å². The first kappa shape index (κ1) is 7.80. The molecule has 0 aromatic heterocycles. The largest absolute Gasteiger partial charge is 0.390 e. The van der Waals surface area contributed by atoms with Crippen molar-refractivity contribution in [2.24, 2.45) is 11.8 Å². The van der Waals surface area contributed by atoms with Crippen molar-refractivity contribution < 1.29 is 9.90 Å². The normalized spacial score (nSPS) is 43.5. The molecule has 0 aromatic rings. The molecule has 0 heterocycles. The van der Waals surface area contributed by atoms with Crippen LogP contribution in [0.1, 0.15) is 13.3 Å². The van der Waals surface area contributed by atoms with Crippen LogP contribution in [0.4, 0.5) is 0 Å². The third-order valence-corrected chi connectivity index (χ3v) is 2.79. The Morgan fingerprint density at radius 3 is 2.67 bits per heavy atom. The summed E-state index contributed by atoms with van der Waals surface area (Å²) in [5.74, 6) is 0.570. The fourth-order valence-corrected chi connectivity index (χ4v) is 2.22. The molecule has 0 spiro atoms. The Balaban J connectivity index is 2.08. The summed E-state index contributed by atoms with van der Waals surface area (Å²) < 4.78 is 0. The maximum absolute atomic E-state index is 10.8. The minimum atomic E-state index is -0.371. The standard InChI is InChI=1S/C9H13NO2/c1-5(11)10-8-6-2-3-7(4-6)9(8)12/h2-3,6-9,12H,4H2,1H3,(H,10,11)/t6-,7+,8-,9+/m1/s1. The van der Waals surface area contributed by atoms with Crippen molar-refractivity contribution in [3.05, 3.63) is 12.2 Å². The summed E-state index contributed by atoms with van der Waals surface area (Å²) in [5.41, 5.74) is 0. The predicted molar refractivity (Wildman–Crippen MR) is 44.3 cm³/mol. The quantitative estimate of drug-likeness (QED) is 0.542. The van der Waals surface area contributed by atoms with Crippen molar-refractivity contribution >= 4 is 5.91 Å². The summed E-state index contributed by atoms with van der Waals surface area (Å²) in [6.07, 6.45) is 4.77. The van der Waals surface area contributed by atoms with E-state index in [1.807, 2.05) is 6.08 Å². The van der Waals surface area contributed by atoms with Crippen LogP contribution in [-0.4, -0.2) is 23.2 Å². The second-order valence-corrected chi connectivity index (χ2v) is 3.67. The summed E-state index contributed by atoms with van der Waals surface area (Å²) in [5, 5.41) is 12.4. The molecule has 2 N–H and O–H groups in total. The van der Waals surface area contributed by atoms with Crippen LogP contribution in [0.3, 0.4) is 0 Å². The van der Waals surface area contributed by atoms with E-state index >= 15 is 0 Å². The Labute approximate surface area is 71.5 Å². The van der Waals surface area contributed by atoms with Gasteiger partial charge in [-0.05, 0) is 6.42 Å². The molecule has 2 rings (SSSR count). The Morgan fingerprint density at radius 2 is 2.17 bits per heavy atom. The predicted octanol–water partition coefficient (Wildman–Crippen LogP) is 0.0579. The highest BCUT2D eigenvalue weighted by molar-refractivity contribution is 5.73. The second kappa shape index (κ2) is 2.59.